The van der Waals surface area contributed by atoms with Crippen LogP contribution >= 0.6 is 24.0 Å². The predicted molar refractivity (Wildman–Crippen MR) is 75.2 cm³/mol. The summed E-state index contributed by atoms with van der Waals surface area (Å²) >= 11 is 7.47. The van der Waals surface area contributed by atoms with Crippen LogP contribution in [0.3, 0.4) is 0 Å². The number of nitrogens with zero attached hydrogens (tertiary/aromatic N) is 1. The minimum atomic E-state index is 0.273. The monoisotopic (exact) mass is 262 g/mol. The minimum absolute atomic E-state index is 0.273. The zero-order valence-corrected chi connectivity index (χ0v) is 12.2. The van der Waals surface area contributed by atoms with Crippen molar-refractivity contribution in [1.82, 2.24) is 10.2 Å². The van der Waals surface area contributed by atoms with E-state index < -0.39 is 0 Å². The largest absolute Gasteiger partial charge is 0.383 e. The molecule has 0 aliphatic carbocycles. The zero-order valence-electron chi connectivity index (χ0n) is 10.5. The fourth-order valence-electron chi connectivity index (χ4n) is 1.81. The fraction of sp³-hybridized carbons (Fsp3) is 0.909. The number of methoxy groups -OCH3 is 1. The summed E-state index contributed by atoms with van der Waals surface area (Å²) in [5.41, 5.74) is 0. The molecule has 1 rings (SSSR count). The Morgan fingerprint density at radius 1 is 1.62 bits per heavy atom. The maximum Gasteiger partial charge on any atom is 0.169 e. The Morgan fingerprint density at radius 2 is 2.31 bits per heavy atom. The molecule has 1 heterocycles. The summed E-state index contributed by atoms with van der Waals surface area (Å²) in [4.78, 5) is 2.29. The SMILES string of the molecule is COCC(C)NC(=S)N1CCSC(C)C1C. The molecule has 1 aliphatic heterocycles. The molecule has 1 aliphatic rings. The van der Waals surface area contributed by atoms with E-state index in [4.69, 9.17) is 17.0 Å². The molecule has 3 nitrogen and oxygen atoms in total. The van der Waals surface area contributed by atoms with Gasteiger partial charge in [0.05, 0.1) is 6.61 Å². The second-order valence-electron chi connectivity index (χ2n) is 4.32. The predicted octanol–water partition coefficient (Wildman–Crippen LogP) is 1.72. The lowest BCUT2D eigenvalue weighted by Gasteiger charge is -2.39. The molecule has 0 saturated carbocycles. The molecule has 0 aromatic heterocycles. The third-order valence-electron chi connectivity index (χ3n) is 2.93. The van der Waals surface area contributed by atoms with Gasteiger partial charge in [0.25, 0.3) is 0 Å². The van der Waals surface area contributed by atoms with E-state index in [1.165, 1.54) is 0 Å². The summed E-state index contributed by atoms with van der Waals surface area (Å²) in [7, 11) is 1.71. The van der Waals surface area contributed by atoms with Gasteiger partial charge >= 0.3 is 0 Å². The molecular weight excluding hydrogens is 240 g/mol. The maximum atomic E-state index is 5.44. The average Bonchev–Trinajstić information content (AvgIpc) is 2.22. The smallest absolute Gasteiger partial charge is 0.169 e. The van der Waals surface area contributed by atoms with Crippen molar-refractivity contribution in [2.24, 2.45) is 0 Å². The molecule has 1 saturated heterocycles. The third-order valence-corrected chi connectivity index (χ3v) is 4.62. The Bertz CT molecular complexity index is 238. The quantitative estimate of drug-likeness (QED) is 0.781. The lowest BCUT2D eigenvalue weighted by Crippen LogP contribution is -2.53. The van der Waals surface area contributed by atoms with Gasteiger partial charge in [-0.15, -0.1) is 0 Å². The van der Waals surface area contributed by atoms with Crippen molar-refractivity contribution >= 4 is 29.1 Å². The van der Waals surface area contributed by atoms with Crippen molar-refractivity contribution in [3.63, 3.8) is 0 Å². The first-order valence-corrected chi connectivity index (χ1v) is 7.19. The van der Waals surface area contributed by atoms with E-state index >= 15 is 0 Å². The molecule has 0 radical (unpaired) electrons. The Morgan fingerprint density at radius 3 is 2.94 bits per heavy atom. The van der Waals surface area contributed by atoms with E-state index in [1.807, 2.05) is 11.8 Å². The standard InChI is InChI=1S/C11H22N2OS2/c1-8(7-14-4)12-11(15)13-5-6-16-10(3)9(13)2/h8-10H,5-7H2,1-4H3,(H,12,15). The first-order chi connectivity index (χ1) is 7.56. The number of hydrogen-bond acceptors (Lipinski definition) is 3. The highest BCUT2D eigenvalue weighted by molar-refractivity contribution is 8.00. The molecule has 5 heteroatoms. The summed E-state index contributed by atoms with van der Waals surface area (Å²) in [5.74, 6) is 1.16. The van der Waals surface area contributed by atoms with Crippen LogP contribution in [0, 0.1) is 0 Å². The van der Waals surface area contributed by atoms with E-state index in [1.54, 1.807) is 7.11 Å². The van der Waals surface area contributed by atoms with Crippen molar-refractivity contribution in [3.8, 4) is 0 Å². The second-order valence-corrected chi connectivity index (χ2v) is 6.19. The number of thioether (sulfide) groups is 1. The molecule has 1 fully saturated rings. The van der Waals surface area contributed by atoms with Crippen LogP contribution in [0.4, 0.5) is 0 Å². The molecule has 94 valence electrons. The lowest BCUT2D eigenvalue weighted by atomic mass is 10.2. The van der Waals surface area contributed by atoms with Gasteiger partial charge in [0.1, 0.15) is 0 Å². The number of rotatable bonds is 3. The van der Waals surface area contributed by atoms with E-state index in [9.17, 15) is 0 Å². The van der Waals surface area contributed by atoms with Crippen LogP contribution in [0.2, 0.25) is 0 Å². The highest BCUT2D eigenvalue weighted by Gasteiger charge is 2.27. The second kappa shape index (κ2) is 6.67. The highest BCUT2D eigenvalue weighted by Crippen LogP contribution is 2.24. The lowest BCUT2D eigenvalue weighted by molar-refractivity contribution is 0.177. The van der Waals surface area contributed by atoms with Crippen LogP contribution in [0.15, 0.2) is 0 Å². The van der Waals surface area contributed by atoms with Crippen molar-refractivity contribution in [1.29, 1.82) is 0 Å². The van der Waals surface area contributed by atoms with Gasteiger partial charge in [0.2, 0.25) is 0 Å². The first kappa shape index (κ1) is 14.1. The van der Waals surface area contributed by atoms with Crippen molar-refractivity contribution in [2.45, 2.75) is 38.1 Å². The normalized spacial score (nSPS) is 27.6. The van der Waals surface area contributed by atoms with Gasteiger partial charge in [-0.25, -0.2) is 0 Å². The molecule has 16 heavy (non-hydrogen) atoms. The molecule has 0 amide bonds. The van der Waals surface area contributed by atoms with Crippen LogP contribution < -0.4 is 5.32 Å². The molecule has 3 atom stereocenters. The fourth-order valence-corrected chi connectivity index (χ4v) is 3.36. The van der Waals surface area contributed by atoms with E-state index in [2.05, 4.69) is 31.0 Å². The summed E-state index contributed by atoms with van der Waals surface area (Å²) in [6.07, 6.45) is 0. The van der Waals surface area contributed by atoms with Gasteiger partial charge in [0, 0.05) is 36.7 Å². The average molecular weight is 262 g/mol. The zero-order chi connectivity index (χ0) is 12.1. The molecule has 0 bridgehead atoms. The summed E-state index contributed by atoms with van der Waals surface area (Å²) in [5, 5.41) is 4.83. The van der Waals surface area contributed by atoms with Gasteiger partial charge in [-0.05, 0) is 26.1 Å². The van der Waals surface area contributed by atoms with E-state index in [0.29, 0.717) is 17.9 Å². The minimum Gasteiger partial charge on any atom is -0.383 e. The number of ether oxygens (including phenoxy) is 1. The Balaban J connectivity index is 2.46. The summed E-state index contributed by atoms with van der Waals surface area (Å²) in [6.45, 7) is 8.32. The first-order valence-electron chi connectivity index (χ1n) is 5.74. The third kappa shape index (κ3) is 3.79. The van der Waals surface area contributed by atoms with Crippen LogP contribution in [0.25, 0.3) is 0 Å². The molecule has 3 unspecified atom stereocenters. The van der Waals surface area contributed by atoms with Gasteiger partial charge in [0.15, 0.2) is 5.11 Å². The van der Waals surface area contributed by atoms with Gasteiger partial charge in [-0.2, -0.15) is 11.8 Å². The molecule has 0 aromatic rings. The number of hydrogen-bond donors (Lipinski definition) is 1. The molecule has 0 spiro atoms. The molecule has 0 aromatic carbocycles. The van der Waals surface area contributed by atoms with Crippen molar-refractivity contribution < 1.29 is 4.74 Å². The highest BCUT2D eigenvalue weighted by atomic mass is 32.2. The molecule has 1 N–H and O–H groups in total. The van der Waals surface area contributed by atoms with Crippen LogP contribution in [-0.4, -0.2) is 53.4 Å². The van der Waals surface area contributed by atoms with Crippen LogP contribution in [-0.2, 0) is 4.74 Å². The number of thiocarbonyl (C=S) groups is 1. The van der Waals surface area contributed by atoms with E-state index in [-0.39, 0.29) is 6.04 Å². The van der Waals surface area contributed by atoms with E-state index in [0.717, 1.165) is 17.4 Å². The summed E-state index contributed by atoms with van der Waals surface area (Å²) < 4.78 is 5.10. The Labute approximate surface area is 108 Å². The van der Waals surface area contributed by atoms with Crippen molar-refractivity contribution in [2.75, 3.05) is 26.0 Å². The summed E-state index contributed by atoms with van der Waals surface area (Å²) in [6, 6.07) is 0.781. The topological polar surface area (TPSA) is 24.5 Å². The number of nitrogens with one attached hydrogen (secondary N) is 1. The van der Waals surface area contributed by atoms with Gasteiger partial charge in [-0.1, -0.05) is 6.92 Å². The van der Waals surface area contributed by atoms with Crippen molar-refractivity contribution in [3.05, 3.63) is 0 Å². The van der Waals surface area contributed by atoms with Crippen LogP contribution in [0.5, 0.6) is 0 Å². The van der Waals surface area contributed by atoms with Gasteiger partial charge < -0.3 is 15.0 Å². The maximum absolute atomic E-state index is 5.44. The van der Waals surface area contributed by atoms with Gasteiger partial charge in [-0.3, -0.25) is 0 Å². The Hall–Kier alpha value is 0. The molecular formula is C11H22N2OS2. The Kier molecular flexibility index (Phi) is 5.86. The van der Waals surface area contributed by atoms with Crippen LogP contribution in [0.1, 0.15) is 20.8 Å².